The molecule has 0 saturated carbocycles. The highest BCUT2D eigenvalue weighted by Crippen LogP contribution is 2.31. The summed E-state index contributed by atoms with van der Waals surface area (Å²) in [6.07, 6.45) is 0. The minimum Gasteiger partial charge on any atom is -0.354 e. The number of aromatic nitrogens is 2. The maximum Gasteiger partial charge on any atom is 0.132 e. The molecule has 3 rings (SSSR count). The van der Waals surface area contributed by atoms with E-state index in [4.69, 9.17) is 0 Å². The van der Waals surface area contributed by atoms with E-state index in [0.717, 1.165) is 37.7 Å². The molecule has 1 saturated heterocycles. The van der Waals surface area contributed by atoms with Crippen LogP contribution in [0.25, 0.3) is 11.1 Å². The summed E-state index contributed by atoms with van der Waals surface area (Å²) in [6.45, 7) is 6.19. The van der Waals surface area contributed by atoms with Crippen molar-refractivity contribution in [2.24, 2.45) is 0 Å². The Kier molecular flexibility index (Phi) is 3.02. The molecular formula is C14H18N4. The van der Waals surface area contributed by atoms with Gasteiger partial charge in [-0.15, -0.1) is 0 Å². The lowest BCUT2D eigenvalue weighted by Gasteiger charge is -2.28. The summed E-state index contributed by atoms with van der Waals surface area (Å²) in [5.74, 6) is 1.15. The Labute approximate surface area is 107 Å². The molecule has 0 atom stereocenters. The molecule has 2 N–H and O–H groups in total. The number of H-pyrrole nitrogens is 1. The highest BCUT2D eigenvalue weighted by molar-refractivity contribution is 5.78. The van der Waals surface area contributed by atoms with Crippen LogP contribution in [-0.2, 0) is 0 Å². The molecule has 2 aromatic rings. The third-order valence-electron chi connectivity index (χ3n) is 3.42. The number of benzene rings is 1. The molecule has 0 radical (unpaired) electrons. The average molecular weight is 242 g/mol. The van der Waals surface area contributed by atoms with Crippen LogP contribution in [0.15, 0.2) is 30.3 Å². The normalized spacial score (nSPS) is 15.9. The van der Waals surface area contributed by atoms with Gasteiger partial charge in [0, 0.05) is 31.7 Å². The average Bonchev–Trinajstić information content (AvgIpc) is 2.83. The second kappa shape index (κ2) is 4.82. The number of rotatable bonds is 2. The van der Waals surface area contributed by atoms with E-state index in [9.17, 15) is 0 Å². The third kappa shape index (κ3) is 1.99. The van der Waals surface area contributed by atoms with Gasteiger partial charge in [0.15, 0.2) is 0 Å². The monoisotopic (exact) mass is 242 g/mol. The number of hydrogen-bond acceptors (Lipinski definition) is 3. The summed E-state index contributed by atoms with van der Waals surface area (Å²) in [4.78, 5) is 2.37. The van der Waals surface area contributed by atoms with E-state index < -0.39 is 0 Å². The van der Waals surface area contributed by atoms with Crippen LogP contribution >= 0.6 is 0 Å². The van der Waals surface area contributed by atoms with Crippen LogP contribution in [0.1, 0.15) is 5.69 Å². The third-order valence-corrected chi connectivity index (χ3v) is 3.42. The number of hydrogen-bond donors (Lipinski definition) is 2. The summed E-state index contributed by atoms with van der Waals surface area (Å²) in [6, 6.07) is 10.5. The largest absolute Gasteiger partial charge is 0.354 e. The van der Waals surface area contributed by atoms with Gasteiger partial charge in [-0.3, -0.25) is 5.10 Å². The maximum absolute atomic E-state index is 4.38. The zero-order chi connectivity index (χ0) is 12.4. The lowest BCUT2D eigenvalue weighted by atomic mass is 10.1. The molecule has 1 aromatic heterocycles. The molecule has 1 aliphatic heterocycles. The van der Waals surface area contributed by atoms with E-state index in [1.165, 1.54) is 11.1 Å². The summed E-state index contributed by atoms with van der Waals surface area (Å²) >= 11 is 0. The van der Waals surface area contributed by atoms with Crippen LogP contribution in [-0.4, -0.2) is 36.4 Å². The lowest BCUT2D eigenvalue weighted by Crippen LogP contribution is -2.43. The molecule has 4 nitrogen and oxygen atoms in total. The van der Waals surface area contributed by atoms with Gasteiger partial charge in [0.25, 0.3) is 0 Å². The predicted molar refractivity (Wildman–Crippen MR) is 73.8 cm³/mol. The van der Waals surface area contributed by atoms with E-state index in [2.05, 4.69) is 51.6 Å². The van der Waals surface area contributed by atoms with Crippen molar-refractivity contribution in [2.45, 2.75) is 6.92 Å². The van der Waals surface area contributed by atoms with Crippen LogP contribution in [0.4, 0.5) is 5.82 Å². The van der Waals surface area contributed by atoms with E-state index >= 15 is 0 Å². The summed E-state index contributed by atoms with van der Waals surface area (Å²) in [5.41, 5.74) is 3.53. The molecule has 2 heterocycles. The molecule has 0 spiro atoms. The Morgan fingerprint density at radius 2 is 1.83 bits per heavy atom. The van der Waals surface area contributed by atoms with Gasteiger partial charge in [0.1, 0.15) is 5.82 Å². The molecule has 0 aliphatic carbocycles. The number of nitrogens with zero attached hydrogens (tertiary/aromatic N) is 2. The Hall–Kier alpha value is -1.81. The van der Waals surface area contributed by atoms with Gasteiger partial charge in [-0.05, 0) is 12.5 Å². The minimum absolute atomic E-state index is 1.03. The van der Waals surface area contributed by atoms with Crippen LogP contribution < -0.4 is 10.2 Å². The van der Waals surface area contributed by atoms with Gasteiger partial charge in [0.05, 0.1) is 5.69 Å². The second-order valence-electron chi connectivity index (χ2n) is 4.64. The Morgan fingerprint density at radius 1 is 1.11 bits per heavy atom. The van der Waals surface area contributed by atoms with Gasteiger partial charge in [-0.1, -0.05) is 30.3 Å². The SMILES string of the molecule is Cc1n[nH]c(N2CCNCC2)c1-c1ccccc1. The van der Waals surface area contributed by atoms with Crippen molar-refractivity contribution in [3.05, 3.63) is 36.0 Å². The standard InChI is InChI=1S/C14H18N4/c1-11-13(12-5-3-2-4-6-12)14(17-16-11)18-9-7-15-8-10-18/h2-6,15H,7-10H2,1H3,(H,16,17). The van der Waals surface area contributed by atoms with Crippen LogP contribution in [0.3, 0.4) is 0 Å². The fourth-order valence-electron chi connectivity index (χ4n) is 2.49. The van der Waals surface area contributed by atoms with Gasteiger partial charge in [-0.2, -0.15) is 5.10 Å². The van der Waals surface area contributed by atoms with Gasteiger partial charge in [-0.25, -0.2) is 0 Å². The first-order valence-corrected chi connectivity index (χ1v) is 6.42. The number of aryl methyl sites for hydroxylation is 1. The van der Waals surface area contributed by atoms with E-state index in [1.807, 2.05) is 6.07 Å². The summed E-state index contributed by atoms with van der Waals surface area (Å²) in [7, 11) is 0. The molecular weight excluding hydrogens is 224 g/mol. The number of piperazine rings is 1. The number of anilines is 1. The van der Waals surface area contributed by atoms with Gasteiger partial charge >= 0.3 is 0 Å². The lowest BCUT2D eigenvalue weighted by molar-refractivity contribution is 0.585. The molecule has 0 unspecified atom stereocenters. The van der Waals surface area contributed by atoms with Crippen molar-refractivity contribution in [3.8, 4) is 11.1 Å². The topological polar surface area (TPSA) is 44.0 Å². The first-order chi connectivity index (χ1) is 8.86. The van der Waals surface area contributed by atoms with Crippen LogP contribution in [0.2, 0.25) is 0 Å². The van der Waals surface area contributed by atoms with E-state index in [-0.39, 0.29) is 0 Å². The van der Waals surface area contributed by atoms with Crippen molar-refractivity contribution in [2.75, 3.05) is 31.1 Å². The predicted octanol–water partition coefficient (Wildman–Crippen LogP) is 1.79. The van der Waals surface area contributed by atoms with Crippen molar-refractivity contribution >= 4 is 5.82 Å². The van der Waals surface area contributed by atoms with Gasteiger partial charge < -0.3 is 10.2 Å². The Morgan fingerprint density at radius 3 is 2.56 bits per heavy atom. The van der Waals surface area contributed by atoms with Crippen LogP contribution in [0, 0.1) is 6.92 Å². The molecule has 1 aromatic carbocycles. The molecule has 94 valence electrons. The van der Waals surface area contributed by atoms with Crippen molar-refractivity contribution in [1.82, 2.24) is 15.5 Å². The highest BCUT2D eigenvalue weighted by atomic mass is 15.3. The fourth-order valence-corrected chi connectivity index (χ4v) is 2.49. The number of nitrogens with one attached hydrogen (secondary N) is 2. The zero-order valence-electron chi connectivity index (χ0n) is 10.6. The summed E-state index contributed by atoms with van der Waals surface area (Å²) in [5, 5.41) is 10.9. The second-order valence-corrected chi connectivity index (χ2v) is 4.64. The van der Waals surface area contributed by atoms with E-state index in [0.29, 0.717) is 0 Å². The summed E-state index contributed by atoms with van der Waals surface area (Å²) < 4.78 is 0. The highest BCUT2D eigenvalue weighted by Gasteiger charge is 2.19. The first kappa shape index (κ1) is 11.3. The van der Waals surface area contributed by atoms with Crippen LogP contribution in [0.5, 0.6) is 0 Å². The molecule has 1 fully saturated rings. The molecule has 4 heteroatoms. The zero-order valence-corrected chi connectivity index (χ0v) is 10.6. The van der Waals surface area contributed by atoms with Crippen molar-refractivity contribution in [1.29, 1.82) is 0 Å². The van der Waals surface area contributed by atoms with Crippen molar-refractivity contribution in [3.63, 3.8) is 0 Å². The van der Waals surface area contributed by atoms with Crippen molar-refractivity contribution < 1.29 is 0 Å². The molecule has 0 bridgehead atoms. The Bertz CT molecular complexity index is 512. The molecule has 1 aliphatic rings. The molecule has 0 amide bonds. The fraction of sp³-hybridized carbons (Fsp3) is 0.357. The first-order valence-electron chi connectivity index (χ1n) is 6.42. The van der Waals surface area contributed by atoms with E-state index in [1.54, 1.807) is 0 Å². The number of aromatic amines is 1. The quantitative estimate of drug-likeness (QED) is 0.844. The van der Waals surface area contributed by atoms with Gasteiger partial charge in [0.2, 0.25) is 0 Å². The molecule has 18 heavy (non-hydrogen) atoms. The smallest absolute Gasteiger partial charge is 0.132 e. The maximum atomic E-state index is 4.38. The Balaban J connectivity index is 2.01. The minimum atomic E-state index is 1.03.